The zero-order valence-corrected chi connectivity index (χ0v) is 11.3. The van der Waals surface area contributed by atoms with E-state index >= 15 is 0 Å². The number of hydrogen-bond donors (Lipinski definition) is 2. The molecular weight excluding hydrogens is 238 g/mol. The van der Waals surface area contributed by atoms with Gasteiger partial charge in [0.25, 0.3) is 0 Å². The predicted molar refractivity (Wildman–Crippen MR) is 78.1 cm³/mol. The van der Waals surface area contributed by atoms with Crippen LogP contribution in [0.1, 0.15) is 11.1 Å². The van der Waals surface area contributed by atoms with Crippen LogP contribution in [0.25, 0.3) is 11.1 Å². The highest BCUT2D eigenvalue weighted by Crippen LogP contribution is 2.28. The molecule has 3 nitrogen and oxygen atoms in total. The van der Waals surface area contributed by atoms with E-state index in [0.717, 1.165) is 27.9 Å². The molecule has 100 valence electrons. The number of nitrogens with zero attached hydrogens (tertiary/aromatic N) is 1. The minimum atomic E-state index is -0.0324. The third-order valence-corrected chi connectivity index (χ3v) is 3.20. The lowest BCUT2D eigenvalue weighted by atomic mass is 9.97. The van der Waals surface area contributed by atoms with Crippen molar-refractivity contribution in [1.82, 2.24) is 0 Å². The van der Waals surface area contributed by atoms with Gasteiger partial charge in [-0.05, 0) is 34.4 Å². The monoisotopic (exact) mass is 257 g/mol. The minimum Gasteiger partial charge on any atom is -0.392 e. The van der Waals surface area contributed by atoms with Crippen LogP contribution in [0.5, 0.6) is 0 Å². The minimum absolute atomic E-state index is 0.00891. The standard InChI is InChI=1S/C16H19NO2/c1-17(2)15-5-3-4-13(9-15)16-7-6-12(10-18)8-14(16)11-19/h3-9,18-19H,10-11H2,1-2H3. The normalized spacial score (nSPS) is 10.5. The quantitative estimate of drug-likeness (QED) is 0.884. The van der Waals surface area contributed by atoms with Crippen molar-refractivity contribution < 1.29 is 10.2 Å². The SMILES string of the molecule is CN(C)c1cccc(-c2ccc(CO)cc2CO)c1. The van der Waals surface area contributed by atoms with Crippen molar-refractivity contribution in [2.75, 3.05) is 19.0 Å². The summed E-state index contributed by atoms with van der Waals surface area (Å²) in [4.78, 5) is 2.05. The number of benzene rings is 2. The Kier molecular flexibility index (Phi) is 4.20. The van der Waals surface area contributed by atoms with Gasteiger partial charge in [-0.25, -0.2) is 0 Å². The van der Waals surface area contributed by atoms with Crippen molar-refractivity contribution in [2.24, 2.45) is 0 Å². The van der Waals surface area contributed by atoms with Crippen molar-refractivity contribution in [1.29, 1.82) is 0 Å². The van der Waals surface area contributed by atoms with E-state index in [1.54, 1.807) is 0 Å². The van der Waals surface area contributed by atoms with E-state index in [2.05, 4.69) is 6.07 Å². The molecule has 0 aliphatic rings. The molecule has 0 bridgehead atoms. The summed E-state index contributed by atoms with van der Waals surface area (Å²) in [5.41, 5.74) is 4.84. The molecule has 2 rings (SSSR count). The Labute approximate surface area is 113 Å². The van der Waals surface area contributed by atoms with E-state index < -0.39 is 0 Å². The predicted octanol–water partition coefficient (Wildman–Crippen LogP) is 2.40. The van der Waals surface area contributed by atoms with Crippen molar-refractivity contribution in [3.05, 3.63) is 53.6 Å². The summed E-state index contributed by atoms with van der Waals surface area (Å²) >= 11 is 0. The molecule has 0 aliphatic carbocycles. The van der Waals surface area contributed by atoms with Crippen LogP contribution in [-0.4, -0.2) is 24.3 Å². The second-order valence-corrected chi connectivity index (χ2v) is 4.75. The summed E-state index contributed by atoms with van der Waals surface area (Å²) in [5, 5.41) is 18.6. The Morgan fingerprint density at radius 3 is 2.37 bits per heavy atom. The highest BCUT2D eigenvalue weighted by Gasteiger charge is 2.07. The van der Waals surface area contributed by atoms with Gasteiger partial charge in [-0.3, -0.25) is 0 Å². The molecule has 0 spiro atoms. The lowest BCUT2D eigenvalue weighted by Gasteiger charge is -2.15. The second-order valence-electron chi connectivity index (χ2n) is 4.75. The van der Waals surface area contributed by atoms with Crippen molar-refractivity contribution in [3.63, 3.8) is 0 Å². The van der Waals surface area contributed by atoms with Crippen LogP contribution in [0, 0.1) is 0 Å². The van der Waals surface area contributed by atoms with Gasteiger partial charge >= 0.3 is 0 Å². The fraction of sp³-hybridized carbons (Fsp3) is 0.250. The van der Waals surface area contributed by atoms with Crippen LogP contribution in [0.2, 0.25) is 0 Å². The Balaban J connectivity index is 2.49. The number of anilines is 1. The molecule has 0 heterocycles. The van der Waals surface area contributed by atoms with Gasteiger partial charge in [-0.15, -0.1) is 0 Å². The molecule has 0 saturated heterocycles. The van der Waals surface area contributed by atoms with Gasteiger partial charge in [-0.2, -0.15) is 0 Å². The van der Waals surface area contributed by atoms with Gasteiger partial charge in [0.05, 0.1) is 13.2 Å². The molecule has 0 radical (unpaired) electrons. The van der Waals surface area contributed by atoms with Gasteiger partial charge in [0.1, 0.15) is 0 Å². The molecule has 0 amide bonds. The Hall–Kier alpha value is -1.84. The molecular formula is C16H19NO2. The van der Waals surface area contributed by atoms with Crippen LogP contribution in [0.4, 0.5) is 5.69 Å². The zero-order chi connectivity index (χ0) is 13.8. The first-order valence-corrected chi connectivity index (χ1v) is 6.27. The second kappa shape index (κ2) is 5.87. The van der Waals surface area contributed by atoms with E-state index in [1.165, 1.54) is 0 Å². The molecule has 19 heavy (non-hydrogen) atoms. The highest BCUT2D eigenvalue weighted by molar-refractivity contribution is 5.71. The molecule has 0 aliphatic heterocycles. The number of aliphatic hydroxyl groups is 2. The van der Waals surface area contributed by atoms with Crippen LogP contribution >= 0.6 is 0 Å². The van der Waals surface area contributed by atoms with Crippen molar-refractivity contribution in [3.8, 4) is 11.1 Å². The van der Waals surface area contributed by atoms with Crippen LogP contribution < -0.4 is 4.90 Å². The number of rotatable bonds is 4. The van der Waals surface area contributed by atoms with Gasteiger partial charge in [0.15, 0.2) is 0 Å². The molecule has 0 atom stereocenters. The fourth-order valence-electron chi connectivity index (χ4n) is 2.11. The smallest absolute Gasteiger partial charge is 0.0687 e. The van der Waals surface area contributed by atoms with E-state index in [-0.39, 0.29) is 13.2 Å². The third kappa shape index (κ3) is 2.95. The largest absolute Gasteiger partial charge is 0.392 e. The summed E-state index contributed by atoms with van der Waals surface area (Å²) in [5.74, 6) is 0. The van der Waals surface area contributed by atoms with Gasteiger partial charge in [0, 0.05) is 19.8 Å². The number of hydrogen-bond acceptors (Lipinski definition) is 3. The molecule has 0 fully saturated rings. The molecule has 2 N–H and O–H groups in total. The van der Waals surface area contributed by atoms with Gasteiger partial charge < -0.3 is 15.1 Å². The summed E-state index contributed by atoms with van der Waals surface area (Å²) in [6.07, 6.45) is 0. The molecule has 2 aromatic carbocycles. The Bertz CT molecular complexity index is 564. The lowest BCUT2D eigenvalue weighted by molar-refractivity contribution is 0.276. The maximum absolute atomic E-state index is 9.49. The molecule has 2 aromatic rings. The summed E-state index contributed by atoms with van der Waals surface area (Å²) in [7, 11) is 4.00. The van der Waals surface area contributed by atoms with Gasteiger partial charge in [-0.1, -0.05) is 30.3 Å². The first-order valence-electron chi connectivity index (χ1n) is 6.27. The zero-order valence-electron chi connectivity index (χ0n) is 11.3. The van der Waals surface area contributed by atoms with Crippen molar-refractivity contribution >= 4 is 5.69 Å². The maximum Gasteiger partial charge on any atom is 0.0687 e. The molecule has 0 saturated carbocycles. The van der Waals surface area contributed by atoms with Crippen LogP contribution in [0.3, 0.4) is 0 Å². The first-order chi connectivity index (χ1) is 9.15. The van der Waals surface area contributed by atoms with E-state index in [4.69, 9.17) is 5.11 Å². The summed E-state index contributed by atoms with van der Waals surface area (Å²) in [6, 6.07) is 13.9. The molecule has 0 aromatic heterocycles. The Morgan fingerprint density at radius 1 is 0.947 bits per heavy atom. The molecule has 0 unspecified atom stereocenters. The fourth-order valence-corrected chi connectivity index (χ4v) is 2.11. The van der Waals surface area contributed by atoms with Gasteiger partial charge in [0.2, 0.25) is 0 Å². The third-order valence-electron chi connectivity index (χ3n) is 3.20. The summed E-state index contributed by atoms with van der Waals surface area (Å²) < 4.78 is 0. The average Bonchev–Trinajstić information content (AvgIpc) is 2.46. The van der Waals surface area contributed by atoms with E-state index in [0.29, 0.717) is 0 Å². The number of aliphatic hydroxyl groups excluding tert-OH is 2. The Morgan fingerprint density at radius 2 is 1.74 bits per heavy atom. The lowest BCUT2D eigenvalue weighted by Crippen LogP contribution is -2.08. The van der Waals surface area contributed by atoms with Crippen LogP contribution in [-0.2, 0) is 13.2 Å². The topological polar surface area (TPSA) is 43.7 Å². The summed E-state index contributed by atoms with van der Waals surface area (Å²) in [6.45, 7) is -0.0413. The molecule has 3 heteroatoms. The van der Waals surface area contributed by atoms with Crippen LogP contribution in [0.15, 0.2) is 42.5 Å². The van der Waals surface area contributed by atoms with E-state index in [1.807, 2.05) is 55.4 Å². The van der Waals surface area contributed by atoms with Crippen molar-refractivity contribution in [2.45, 2.75) is 13.2 Å². The first kappa shape index (κ1) is 13.6. The maximum atomic E-state index is 9.49. The highest BCUT2D eigenvalue weighted by atomic mass is 16.3. The average molecular weight is 257 g/mol. The van der Waals surface area contributed by atoms with E-state index in [9.17, 15) is 5.11 Å².